The first kappa shape index (κ1) is 18.9. The third kappa shape index (κ3) is 3.63. The number of rotatable bonds is 4. The maximum atomic E-state index is 11.9. The van der Waals surface area contributed by atoms with Crippen LogP contribution in [-0.2, 0) is 9.84 Å². The lowest BCUT2D eigenvalue weighted by atomic mass is 10.1. The minimum atomic E-state index is -3.25. The van der Waals surface area contributed by atoms with Crippen molar-refractivity contribution < 1.29 is 8.42 Å². The average Bonchev–Trinajstić information content (AvgIpc) is 3.28. The van der Waals surface area contributed by atoms with Gasteiger partial charge in [0, 0.05) is 16.7 Å². The van der Waals surface area contributed by atoms with Crippen LogP contribution >= 0.6 is 22.9 Å². The number of imidazole rings is 1. The van der Waals surface area contributed by atoms with Crippen LogP contribution in [0.15, 0.2) is 65.6 Å². The molecule has 0 fully saturated rings. The zero-order valence-electron chi connectivity index (χ0n) is 15.2. The van der Waals surface area contributed by atoms with Gasteiger partial charge < -0.3 is 4.98 Å². The van der Waals surface area contributed by atoms with Crippen molar-refractivity contribution in [2.24, 2.45) is 0 Å². The fourth-order valence-electron chi connectivity index (χ4n) is 3.03. The molecule has 1 N–H and O–H groups in total. The van der Waals surface area contributed by atoms with Crippen molar-refractivity contribution >= 4 is 32.8 Å². The lowest BCUT2D eigenvalue weighted by Crippen LogP contribution is -1.96. The van der Waals surface area contributed by atoms with Crippen LogP contribution in [0, 0.1) is 6.92 Å². The van der Waals surface area contributed by atoms with E-state index in [1.54, 1.807) is 29.5 Å². The average molecular weight is 429 g/mol. The highest BCUT2D eigenvalue weighted by molar-refractivity contribution is 7.90. The molecular weight excluding hydrogens is 412 g/mol. The van der Waals surface area contributed by atoms with E-state index in [0.717, 1.165) is 38.1 Å². The van der Waals surface area contributed by atoms with E-state index in [1.807, 2.05) is 49.4 Å². The number of aromatic amines is 1. The normalized spacial score (nSPS) is 11.7. The highest BCUT2D eigenvalue weighted by atomic mass is 35.5. The number of halogens is 1. The predicted octanol–water partition coefficient (Wildman–Crippen LogP) is 5.84. The number of hydrogen-bond acceptors (Lipinski definition) is 4. The number of thiophene rings is 1. The van der Waals surface area contributed by atoms with E-state index >= 15 is 0 Å². The van der Waals surface area contributed by atoms with E-state index in [-0.39, 0.29) is 0 Å². The van der Waals surface area contributed by atoms with E-state index in [1.165, 1.54) is 6.26 Å². The van der Waals surface area contributed by atoms with Gasteiger partial charge in [0.1, 0.15) is 5.82 Å². The Morgan fingerprint density at radius 2 is 1.75 bits per heavy atom. The molecule has 0 unspecified atom stereocenters. The Morgan fingerprint density at radius 3 is 2.50 bits per heavy atom. The van der Waals surface area contributed by atoms with Crippen LogP contribution in [0.4, 0.5) is 0 Å². The smallest absolute Gasteiger partial charge is 0.175 e. The van der Waals surface area contributed by atoms with Crippen molar-refractivity contribution in [3.63, 3.8) is 0 Å². The van der Waals surface area contributed by atoms with Gasteiger partial charge in [0.05, 0.1) is 26.2 Å². The minimum absolute atomic E-state index is 0.314. The maximum absolute atomic E-state index is 11.9. The molecule has 0 spiro atoms. The number of aromatic nitrogens is 2. The van der Waals surface area contributed by atoms with Crippen molar-refractivity contribution in [2.45, 2.75) is 11.8 Å². The molecule has 142 valence electrons. The quantitative estimate of drug-likeness (QED) is 0.444. The highest BCUT2D eigenvalue weighted by Gasteiger charge is 2.17. The van der Waals surface area contributed by atoms with Gasteiger partial charge in [0.15, 0.2) is 9.84 Å². The van der Waals surface area contributed by atoms with Gasteiger partial charge in [-0.05, 0) is 42.8 Å². The van der Waals surface area contributed by atoms with Crippen molar-refractivity contribution in [2.75, 3.05) is 6.26 Å². The summed E-state index contributed by atoms with van der Waals surface area (Å²) >= 11 is 7.96. The van der Waals surface area contributed by atoms with Gasteiger partial charge in [0.2, 0.25) is 0 Å². The van der Waals surface area contributed by atoms with Gasteiger partial charge in [-0.2, -0.15) is 0 Å². The molecule has 0 atom stereocenters. The summed E-state index contributed by atoms with van der Waals surface area (Å²) in [7, 11) is -3.25. The molecule has 0 aliphatic rings. The summed E-state index contributed by atoms with van der Waals surface area (Å²) in [5.41, 5.74) is 3.45. The van der Waals surface area contributed by atoms with Crippen LogP contribution in [0.2, 0.25) is 5.02 Å². The Kier molecular flexibility index (Phi) is 4.87. The summed E-state index contributed by atoms with van der Waals surface area (Å²) in [6.07, 6.45) is 1.22. The van der Waals surface area contributed by atoms with Crippen LogP contribution in [-0.4, -0.2) is 24.6 Å². The third-order valence-electron chi connectivity index (χ3n) is 4.35. The second kappa shape index (κ2) is 7.20. The Bertz CT molecular complexity index is 1270. The number of benzene rings is 2. The Hall–Kier alpha value is -2.41. The molecule has 0 bridgehead atoms. The molecule has 0 radical (unpaired) electrons. The Morgan fingerprint density at radius 1 is 1.00 bits per heavy atom. The summed E-state index contributed by atoms with van der Waals surface area (Å²) in [6, 6.07) is 18.6. The van der Waals surface area contributed by atoms with Gasteiger partial charge in [-0.15, -0.1) is 11.3 Å². The number of hydrogen-bond donors (Lipinski definition) is 1. The molecular formula is C21H17ClN2O2S2. The number of nitrogens with zero attached hydrogens (tertiary/aromatic N) is 1. The van der Waals surface area contributed by atoms with Crippen LogP contribution in [0.25, 0.3) is 32.3 Å². The predicted molar refractivity (Wildman–Crippen MR) is 116 cm³/mol. The lowest BCUT2D eigenvalue weighted by Gasteiger charge is -2.04. The molecule has 2 aromatic heterocycles. The molecule has 2 heterocycles. The van der Waals surface area contributed by atoms with Crippen LogP contribution in [0.3, 0.4) is 0 Å². The second-order valence-corrected chi connectivity index (χ2v) is 10.00. The molecule has 4 nitrogen and oxygen atoms in total. The first-order chi connectivity index (χ1) is 13.3. The van der Waals surface area contributed by atoms with Gasteiger partial charge in [-0.1, -0.05) is 41.9 Å². The molecule has 2 aromatic carbocycles. The number of nitrogens with one attached hydrogen (secondary N) is 1. The zero-order chi connectivity index (χ0) is 19.9. The zero-order valence-corrected chi connectivity index (χ0v) is 17.6. The third-order valence-corrected chi connectivity index (χ3v) is 6.94. The summed E-state index contributed by atoms with van der Waals surface area (Å²) in [6.45, 7) is 1.91. The first-order valence-electron chi connectivity index (χ1n) is 8.55. The van der Waals surface area contributed by atoms with Crippen molar-refractivity contribution in [3.05, 3.63) is 71.5 Å². The molecule has 28 heavy (non-hydrogen) atoms. The highest BCUT2D eigenvalue weighted by Crippen LogP contribution is 2.40. The van der Waals surface area contributed by atoms with Gasteiger partial charge in [0.25, 0.3) is 0 Å². The molecule has 0 saturated heterocycles. The minimum Gasteiger partial charge on any atom is -0.341 e. The van der Waals surface area contributed by atoms with Crippen LogP contribution in [0.5, 0.6) is 0 Å². The van der Waals surface area contributed by atoms with Gasteiger partial charge in [-0.25, -0.2) is 13.4 Å². The number of H-pyrrole nitrogens is 1. The van der Waals surface area contributed by atoms with E-state index in [9.17, 15) is 8.42 Å². The largest absolute Gasteiger partial charge is 0.341 e. The molecule has 0 aliphatic carbocycles. The van der Waals surface area contributed by atoms with E-state index < -0.39 is 9.84 Å². The maximum Gasteiger partial charge on any atom is 0.175 e. The molecule has 7 heteroatoms. The topological polar surface area (TPSA) is 62.8 Å². The summed E-state index contributed by atoms with van der Waals surface area (Å²) in [5, 5.41) is 0.646. The molecule has 0 saturated carbocycles. The van der Waals surface area contributed by atoms with Crippen molar-refractivity contribution in [3.8, 4) is 32.3 Å². The fourth-order valence-corrected chi connectivity index (χ4v) is 4.92. The lowest BCUT2D eigenvalue weighted by molar-refractivity contribution is 0.602. The summed E-state index contributed by atoms with van der Waals surface area (Å²) < 4.78 is 23.7. The first-order valence-corrected chi connectivity index (χ1v) is 11.6. The Labute approximate surface area is 172 Å². The summed E-state index contributed by atoms with van der Waals surface area (Å²) in [4.78, 5) is 10.3. The van der Waals surface area contributed by atoms with E-state index in [2.05, 4.69) is 9.97 Å². The summed E-state index contributed by atoms with van der Waals surface area (Å²) in [5.74, 6) is 0.805. The van der Waals surface area contributed by atoms with Gasteiger partial charge >= 0.3 is 0 Å². The van der Waals surface area contributed by atoms with Crippen molar-refractivity contribution in [1.82, 2.24) is 9.97 Å². The fraction of sp³-hybridized carbons (Fsp3) is 0.0952. The van der Waals surface area contributed by atoms with Crippen LogP contribution < -0.4 is 0 Å². The number of sulfone groups is 1. The second-order valence-electron chi connectivity index (χ2n) is 6.49. The Balaban J connectivity index is 1.79. The molecule has 0 aliphatic heterocycles. The van der Waals surface area contributed by atoms with E-state index in [0.29, 0.717) is 9.92 Å². The SMILES string of the molecule is Cc1nc(-c2ccccc2Cl)c(-c2ccc(-c3cccc(S(C)(=O)=O)c3)s2)[nH]1. The van der Waals surface area contributed by atoms with Crippen LogP contribution in [0.1, 0.15) is 5.82 Å². The van der Waals surface area contributed by atoms with Gasteiger partial charge in [-0.3, -0.25) is 0 Å². The molecule has 0 amide bonds. The van der Waals surface area contributed by atoms with E-state index in [4.69, 9.17) is 11.6 Å². The number of aryl methyl sites for hydroxylation is 1. The van der Waals surface area contributed by atoms with Crippen molar-refractivity contribution in [1.29, 1.82) is 0 Å². The molecule has 4 aromatic rings. The standard InChI is InChI=1S/C21H17ClN2O2S2/c1-13-23-20(16-8-3-4-9-17(16)22)21(24-13)19-11-10-18(27-19)14-6-5-7-15(12-14)28(2,25)26/h3-12H,1-2H3,(H,23,24). The monoisotopic (exact) mass is 428 g/mol. The molecule has 4 rings (SSSR count).